The summed E-state index contributed by atoms with van der Waals surface area (Å²) in [4.78, 5) is 42.5. The smallest absolute Gasteiger partial charge is 0.338 e. The highest BCUT2D eigenvalue weighted by Gasteiger charge is 2.22. The fourth-order valence-corrected chi connectivity index (χ4v) is 3.72. The number of carbonyl (C=O) groups excluding carboxylic acids is 1. The van der Waals surface area contributed by atoms with Gasteiger partial charge >= 0.3 is 11.7 Å². The first-order chi connectivity index (χ1) is 14.8. The second-order valence-electron chi connectivity index (χ2n) is 7.32. The summed E-state index contributed by atoms with van der Waals surface area (Å²) in [7, 11) is 1.59. The SMILES string of the molecule is C=C[C@H](C)n1c(=O)c2c(nc3n(-c4ccc(C(=O)OCC)cc4)c(C)cn23)n(C)c1=O. The summed E-state index contributed by atoms with van der Waals surface area (Å²) in [5, 5.41) is 0. The number of rotatable bonds is 5. The third kappa shape index (κ3) is 3.00. The molecule has 9 heteroatoms. The van der Waals surface area contributed by atoms with Crippen molar-refractivity contribution in [2.45, 2.75) is 26.8 Å². The van der Waals surface area contributed by atoms with Crippen molar-refractivity contribution in [3.8, 4) is 5.69 Å². The van der Waals surface area contributed by atoms with Gasteiger partial charge in [0.15, 0.2) is 11.2 Å². The topological polar surface area (TPSA) is 92.5 Å². The van der Waals surface area contributed by atoms with E-state index in [2.05, 4.69) is 11.6 Å². The summed E-state index contributed by atoms with van der Waals surface area (Å²) in [5.41, 5.74) is 1.79. The summed E-state index contributed by atoms with van der Waals surface area (Å²) in [6.45, 7) is 9.39. The zero-order valence-electron chi connectivity index (χ0n) is 17.8. The van der Waals surface area contributed by atoms with Gasteiger partial charge in [0.05, 0.1) is 18.2 Å². The van der Waals surface area contributed by atoms with Crippen LogP contribution < -0.4 is 11.2 Å². The molecule has 0 saturated carbocycles. The summed E-state index contributed by atoms with van der Waals surface area (Å²) in [6, 6.07) is 6.48. The number of carbonyl (C=O) groups is 1. The average molecular weight is 421 g/mol. The molecule has 9 nitrogen and oxygen atoms in total. The van der Waals surface area contributed by atoms with Crippen LogP contribution in [0, 0.1) is 6.92 Å². The van der Waals surface area contributed by atoms with Crippen LogP contribution in [-0.4, -0.2) is 35.7 Å². The number of fused-ring (bicyclic) bond motifs is 3. The fraction of sp³-hybridized carbons (Fsp3) is 0.273. The highest BCUT2D eigenvalue weighted by Crippen LogP contribution is 2.21. The van der Waals surface area contributed by atoms with E-state index in [4.69, 9.17) is 4.74 Å². The van der Waals surface area contributed by atoms with E-state index < -0.39 is 17.3 Å². The van der Waals surface area contributed by atoms with Crippen molar-refractivity contribution in [2.75, 3.05) is 6.61 Å². The summed E-state index contributed by atoms with van der Waals surface area (Å²) < 4.78 is 11.1. The molecular weight excluding hydrogens is 398 g/mol. The number of ether oxygens (including phenoxy) is 1. The van der Waals surface area contributed by atoms with Crippen LogP contribution in [0.2, 0.25) is 0 Å². The fourth-order valence-electron chi connectivity index (χ4n) is 3.72. The van der Waals surface area contributed by atoms with Crippen molar-refractivity contribution in [2.24, 2.45) is 7.05 Å². The molecule has 0 aliphatic heterocycles. The Hall–Kier alpha value is -3.88. The molecule has 0 radical (unpaired) electrons. The van der Waals surface area contributed by atoms with Crippen molar-refractivity contribution in [1.82, 2.24) is 23.1 Å². The highest BCUT2D eigenvalue weighted by molar-refractivity contribution is 5.89. The number of nitrogens with zero attached hydrogens (tertiary/aromatic N) is 5. The van der Waals surface area contributed by atoms with E-state index in [0.717, 1.165) is 11.4 Å². The van der Waals surface area contributed by atoms with Crippen molar-refractivity contribution in [1.29, 1.82) is 0 Å². The molecule has 1 atom stereocenters. The predicted molar refractivity (Wildman–Crippen MR) is 117 cm³/mol. The van der Waals surface area contributed by atoms with Crippen molar-refractivity contribution < 1.29 is 9.53 Å². The number of benzene rings is 1. The van der Waals surface area contributed by atoms with Crippen LogP contribution in [0.5, 0.6) is 0 Å². The van der Waals surface area contributed by atoms with Gasteiger partial charge < -0.3 is 4.74 Å². The van der Waals surface area contributed by atoms with E-state index in [1.165, 1.54) is 9.13 Å². The average Bonchev–Trinajstić information content (AvgIpc) is 3.27. The van der Waals surface area contributed by atoms with Gasteiger partial charge in [-0.3, -0.25) is 22.9 Å². The lowest BCUT2D eigenvalue weighted by Gasteiger charge is -2.11. The van der Waals surface area contributed by atoms with E-state index >= 15 is 0 Å². The lowest BCUT2D eigenvalue weighted by molar-refractivity contribution is 0.0526. The Labute approximate surface area is 177 Å². The number of aromatic nitrogens is 5. The molecule has 0 spiro atoms. The maximum absolute atomic E-state index is 13.2. The van der Waals surface area contributed by atoms with Crippen LogP contribution in [0.15, 0.2) is 52.7 Å². The minimum atomic E-state index is -0.459. The molecule has 0 amide bonds. The number of hydrogen-bond donors (Lipinski definition) is 0. The van der Waals surface area contributed by atoms with E-state index in [-0.39, 0.29) is 5.97 Å². The Balaban J connectivity index is 1.97. The van der Waals surface area contributed by atoms with Crippen molar-refractivity contribution in [3.63, 3.8) is 0 Å². The zero-order chi connectivity index (χ0) is 22.4. The number of hydrogen-bond acceptors (Lipinski definition) is 5. The van der Waals surface area contributed by atoms with Crippen LogP contribution >= 0.6 is 0 Å². The molecule has 3 heterocycles. The van der Waals surface area contributed by atoms with Gasteiger partial charge in [-0.1, -0.05) is 6.08 Å². The summed E-state index contributed by atoms with van der Waals surface area (Å²) in [6.07, 6.45) is 3.35. The monoisotopic (exact) mass is 421 g/mol. The zero-order valence-corrected chi connectivity index (χ0v) is 17.8. The van der Waals surface area contributed by atoms with Gasteiger partial charge in [0.25, 0.3) is 5.56 Å². The Morgan fingerprint density at radius 2 is 1.94 bits per heavy atom. The Bertz CT molecular complexity index is 1450. The van der Waals surface area contributed by atoms with Crippen LogP contribution in [0.25, 0.3) is 22.6 Å². The van der Waals surface area contributed by atoms with Gasteiger partial charge in [0.1, 0.15) is 0 Å². The molecule has 31 heavy (non-hydrogen) atoms. The first-order valence-electron chi connectivity index (χ1n) is 9.91. The van der Waals surface area contributed by atoms with Gasteiger partial charge in [-0.25, -0.2) is 9.59 Å². The quantitative estimate of drug-likeness (QED) is 0.364. The van der Waals surface area contributed by atoms with Gasteiger partial charge in [-0.2, -0.15) is 4.98 Å². The number of allylic oxidation sites excluding steroid dienone is 1. The van der Waals surface area contributed by atoms with Gasteiger partial charge in [0.2, 0.25) is 5.78 Å². The predicted octanol–water partition coefficient (Wildman–Crippen LogP) is 2.37. The van der Waals surface area contributed by atoms with E-state index in [0.29, 0.717) is 29.1 Å². The van der Waals surface area contributed by atoms with Gasteiger partial charge in [0, 0.05) is 24.6 Å². The molecule has 0 bridgehead atoms. The van der Waals surface area contributed by atoms with E-state index in [1.807, 2.05) is 11.5 Å². The molecule has 0 fully saturated rings. The number of esters is 1. The van der Waals surface area contributed by atoms with Crippen LogP contribution in [-0.2, 0) is 11.8 Å². The third-order valence-electron chi connectivity index (χ3n) is 5.36. The molecule has 0 saturated heterocycles. The minimum Gasteiger partial charge on any atom is -0.462 e. The molecule has 0 N–H and O–H groups in total. The maximum Gasteiger partial charge on any atom is 0.338 e. The normalized spacial score (nSPS) is 12.4. The summed E-state index contributed by atoms with van der Waals surface area (Å²) >= 11 is 0. The van der Waals surface area contributed by atoms with Gasteiger partial charge in [-0.05, 0) is 45.0 Å². The molecule has 0 aliphatic carbocycles. The molecule has 4 rings (SSSR count). The molecule has 3 aromatic heterocycles. The second kappa shape index (κ2) is 7.42. The van der Waals surface area contributed by atoms with Crippen LogP contribution in [0.4, 0.5) is 0 Å². The molecule has 4 aromatic rings. The van der Waals surface area contributed by atoms with Crippen LogP contribution in [0.3, 0.4) is 0 Å². The van der Waals surface area contributed by atoms with Crippen molar-refractivity contribution in [3.05, 3.63) is 75.2 Å². The molecule has 1 aromatic carbocycles. The lowest BCUT2D eigenvalue weighted by Crippen LogP contribution is -2.40. The first-order valence-corrected chi connectivity index (χ1v) is 9.91. The highest BCUT2D eigenvalue weighted by atomic mass is 16.5. The molecule has 0 aliphatic rings. The van der Waals surface area contributed by atoms with Crippen LogP contribution in [0.1, 0.15) is 35.9 Å². The lowest BCUT2D eigenvalue weighted by atomic mass is 10.2. The molecule has 160 valence electrons. The molecule has 0 unspecified atom stereocenters. The van der Waals surface area contributed by atoms with Crippen molar-refractivity contribution >= 4 is 22.9 Å². The Kier molecular flexibility index (Phi) is 4.88. The molecular formula is C22H23N5O4. The summed E-state index contributed by atoms with van der Waals surface area (Å²) in [5.74, 6) is 0.106. The Morgan fingerprint density at radius 3 is 2.55 bits per heavy atom. The maximum atomic E-state index is 13.2. The van der Waals surface area contributed by atoms with E-state index in [9.17, 15) is 14.4 Å². The Morgan fingerprint density at radius 1 is 1.26 bits per heavy atom. The standard InChI is InChI=1S/C22H23N5O4/c1-6-13(3)27-19(28)17-18(24(5)22(27)30)23-21-25(17)12-14(4)26(21)16-10-8-15(9-11-16)20(29)31-7-2/h6,8-13H,1,7H2,2-5H3/t13-/m0/s1. The van der Waals surface area contributed by atoms with E-state index in [1.54, 1.807) is 61.8 Å². The second-order valence-corrected chi connectivity index (χ2v) is 7.32. The largest absolute Gasteiger partial charge is 0.462 e. The van der Waals surface area contributed by atoms with Gasteiger partial charge in [-0.15, -0.1) is 6.58 Å². The number of imidazole rings is 2. The third-order valence-corrected chi connectivity index (χ3v) is 5.36. The first kappa shape index (κ1) is 20.4. The minimum absolute atomic E-state index is 0.300. The number of aryl methyl sites for hydroxylation is 2.